The topological polar surface area (TPSA) is 120 Å². The van der Waals surface area contributed by atoms with Crippen LogP contribution in [-0.2, 0) is 17.9 Å². The van der Waals surface area contributed by atoms with E-state index in [0.717, 1.165) is 44.0 Å². The van der Waals surface area contributed by atoms with Crippen LogP contribution in [0.25, 0.3) is 0 Å². The first-order valence-corrected chi connectivity index (χ1v) is 13.7. The molecule has 0 saturated heterocycles. The number of pyridine rings is 1. The van der Waals surface area contributed by atoms with Gasteiger partial charge in [-0.3, -0.25) is 29.1 Å². The van der Waals surface area contributed by atoms with Crippen LogP contribution in [0.2, 0.25) is 0 Å². The van der Waals surface area contributed by atoms with Gasteiger partial charge in [-0.05, 0) is 49.8 Å². The molecular weight excluding hydrogens is 506 g/mol. The van der Waals surface area contributed by atoms with Crippen molar-refractivity contribution in [2.24, 2.45) is 0 Å². The summed E-state index contributed by atoms with van der Waals surface area (Å²) in [6.07, 6.45) is 1.12. The number of carbonyl (C=O) groups excluding carboxylic acids is 4. The minimum atomic E-state index is -0.385. The summed E-state index contributed by atoms with van der Waals surface area (Å²) in [5, 5.41) is 9.60. The lowest BCUT2D eigenvalue weighted by atomic mass is 9.83. The molecule has 5 rings (SSSR count). The Kier molecular flexibility index (Phi) is 8.85. The zero-order valence-electron chi connectivity index (χ0n) is 22.4. The summed E-state index contributed by atoms with van der Waals surface area (Å²) in [4.78, 5) is 58.1. The van der Waals surface area contributed by atoms with Crippen molar-refractivity contribution in [3.63, 3.8) is 0 Å². The number of amides is 1. The highest BCUT2D eigenvalue weighted by Crippen LogP contribution is 2.27. The minimum Gasteiger partial charge on any atom is -0.352 e. The molecule has 9 heteroatoms. The fraction of sp³-hybridized carbons (Fsp3) is 0.323. The molecule has 2 bridgehead atoms. The first kappa shape index (κ1) is 27.5. The number of hydrogen-bond acceptors (Lipinski definition) is 8. The maximum atomic E-state index is 13.0. The van der Waals surface area contributed by atoms with Crippen LogP contribution in [0.3, 0.4) is 0 Å². The molecule has 0 saturated carbocycles. The van der Waals surface area contributed by atoms with Gasteiger partial charge in [-0.15, -0.1) is 0 Å². The first-order valence-electron chi connectivity index (χ1n) is 13.7. The number of nitrogens with one attached hydrogen (secondary N) is 3. The molecule has 1 aromatic heterocycles. The Labute approximate surface area is 233 Å². The van der Waals surface area contributed by atoms with Gasteiger partial charge in [0, 0.05) is 67.0 Å². The Hall–Kier alpha value is -4.05. The summed E-state index contributed by atoms with van der Waals surface area (Å²) >= 11 is 0. The SMILES string of the molecule is O=C(CCNC(=O)c1ccc2c(c1)C(=O)c1ccccc1C2=O)CN1CCCNCc2cccc(n2)CNCC1. The zero-order valence-corrected chi connectivity index (χ0v) is 22.4. The van der Waals surface area contributed by atoms with E-state index in [9.17, 15) is 19.2 Å². The molecule has 0 atom stereocenters. The van der Waals surface area contributed by atoms with E-state index >= 15 is 0 Å². The van der Waals surface area contributed by atoms with Crippen molar-refractivity contribution in [3.8, 4) is 0 Å². The van der Waals surface area contributed by atoms with Gasteiger partial charge in [-0.1, -0.05) is 30.3 Å². The lowest BCUT2D eigenvalue weighted by molar-refractivity contribution is -0.120. The van der Waals surface area contributed by atoms with Crippen LogP contribution in [0.1, 0.15) is 66.4 Å². The van der Waals surface area contributed by atoms with Crippen LogP contribution in [0, 0.1) is 0 Å². The normalized spacial score (nSPS) is 16.1. The molecular formula is C31H33N5O4. The van der Waals surface area contributed by atoms with Gasteiger partial charge in [0.2, 0.25) is 0 Å². The van der Waals surface area contributed by atoms with Crippen molar-refractivity contribution in [1.29, 1.82) is 0 Å². The largest absolute Gasteiger partial charge is 0.352 e. The van der Waals surface area contributed by atoms with E-state index in [-0.39, 0.29) is 47.3 Å². The van der Waals surface area contributed by atoms with Crippen LogP contribution in [0.15, 0.2) is 60.7 Å². The molecule has 2 aliphatic rings. The highest BCUT2D eigenvalue weighted by atomic mass is 16.2. The molecule has 1 aliphatic carbocycles. The zero-order chi connectivity index (χ0) is 27.9. The van der Waals surface area contributed by atoms with Crippen LogP contribution < -0.4 is 16.0 Å². The summed E-state index contributed by atoms with van der Waals surface area (Å²) in [6.45, 7) is 5.02. The summed E-state index contributed by atoms with van der Waals surface area (Å²) < 4.78 is 0. The van der Waals surface area contributed by atoms with Crippen LogP contribution in [-0.4, -0.2) is 72.4 Å². The average Bonchev–Trinajstić information content (AvgIpc) is 2.98. The van der Waals surface area contributed by atoms with Crippen molar-refractivity contribution in [3.05, 3.63) is 99.9 Å². The second kappa shape index (κ2) is 12.9. The molecule has 0 spiro atoms. The van der Waals surface area contributed by atoms with Crippen molar-refractivity contribution in [2.45, 2.75) is 25.9 Å². The van der Waals surface area contributed by atoms with Gasteiger partial charge in [-0.2, -0.15) is 0 Å². The lowest BCUT2D eigenvalue weighted by Crippen LogP contribution is -2.38. The number of ketones is 3. The molecule has 206 valence electrons. The van der Waals surface area contributed by atoms with E-state index in [2.05, 4.69) is 25.8 Å². The number of hydrogen-bond donors (Lipinski definition) is 3. The summed E-state index contributed by atoms with van der Waals surface area (Å²) in [5.41, 5.74) is 3.55. The molecule has 0 radical (unpaired) electrons. The molecule has 1 amide bonds. The smallest absolute Gasteiger partial charge is 0.251 e. The number of aromatic nitrogens is 1. The van der Waals surface area contributed by atoms with Crippen molar-refractivity contribution >= 4 is 23.3 Å². The van der Waals surface area contributed by atoms with Gasteiger partial charge >= 0.3 is 0 Å². The molecule has 3 aromatic rings. The monoisotopic (exact) mass is 539 g/mol. The second-order valence-electron chi connectivity index (χ2n) is 10.1. The Balaban J connectivity index is 1.11. The Morgan fingerprint density at radius 2 is 1.48 bits per heavy atom. The number of rotatable bonds is 6. The third-order valence-electron chi connectivity index (χ3n) is 7.19. The van der Waals surface area contributed by atoms with Crippen LogP contribution in [0.4, 0.5) is 0 Å². The Morgan fingerprint density at radius 1 is 0.800 bits per heavy atom. The van der Waals surface area contributed by atoms with Crippen LogP contribution >= 0.6 is 0 Å². The Morgan fingerprint density at radius 3 is 2.23 bits per heavy atom. The van der Waals surface area contributed by atoms with Crippen molar-refractivity contribution in [2.75, 3.05) is 39.3 Å². The van der Waals surface area contributed by atoms with Gasteiger partial charge in [0.25, 0.3) is 5.91 Å². The van der Waals surface area contributed by atoms with Gasteiger partial charge in [0.15, 0.2) is 11.6 Å². The van der Waals surface area contributed by atoms with E-state index in [1.165, 1.54) is 12.1 Å². The van der Waals surface area contributed by atoms with Gasteiger partial charge in [0.1, 0.15) is 5.78 Å². The molecule has 0 unspecified atom stereocenters. The molecule has 40 heavy (non-hydrogen) atoms. The van der Waals surface area contributed by atoms with E-state index < -0.39 is 0 Å². The van der Waals surface area contributed by atoms with E-state index in [1.54, 1.807) is 30.3 Å². The van der Waals surface area contributed by atoms with Gasteiger partial charge in [-0.25, -0.2) is 0 Å². The summed E-state index contributed by atoms with van der Waals surface area (Å²) in [7, 11) is 0. The van der Waals surface area contributed by atoms with Crippen molar-refractivity contribution < 1.29 is 19.2 Å². The maximum absolute atomic E-state index is 13.0. The summed E-state index contributed by atoms with van der Waals surface area (Å²) in [5.74, 6) is -0.832. The predicted octanol–water partition coefficient (Wildman–Crippen LogP) is 2.13. The number of benzene rings is 2. The maximum Gasteiger partial charge on any atom is 0.251 e. The minimum absolute atomic E-state index is 0.0497. The number of fused-ring (bicyclic) bond motifs is 4. The van der Waals surface area contributed by atoms with E-state index in [4.69, 9.17) is 0 Å². The molecule has 9 nitrogen and oxygen atoms in total. The van der Waals surface area contributed by atoms with Gasteiger partial charge < -0.3 is 16.0 Å². The third-order valence-corrected chi connectivity index (χ3v) is 7.19. The molecule has 1 aliphatic heterocycles. The second-order valence-corrected chi connectivity index (χ2v) is 10.1. The highest BCUT2D eigenvalue weighted by molar-refractivity contribution is 6.28. The van der Waals surface area contributed by atoms with Crippen LogP contribution in [0.5, 0.6) is 0 Å². The average molecular weight is 540 g/mol. The predicted molar refractivity (Wildman–Crippen MR) is 150 cm³/mol. The molecule has 2 heterocycles. The first-order chi connectivity index (χ1) is 19.5. The number of nitrogens with zero attached hydrogens (tertiary/aromatic N) is 2. The molecule has 3 N–H and O–H groups in total. The fourth-order valence-electron chi connectivity index (χ4n) is 5.08. The number of carbonyl (C=O) groups is 4. The fourth-order valence-corrected chi connectivity index (χ4v) is 5.08. The highest BCUT2D eigenvalue weighted by Gasteiger charge is 2.30. The van der Waals surface area contributed by atoms with Gasteiger partial charge in [0.05, 0.1) is 17.9 Å². The Bertz CT molecular complexity index is 1440. The molecule has 2 aromatic carbocycles. The standard InChI is InChI=1S/C31H33N5O4/c37-24(20-36-15-4-12-32-18-22-5-3-6-23(35-22)19-33-14-16-36)11-13-34-31(40)21-9-10-27-28(17-21)30(39)26-8-2-1-7-25(26)29(27)38/h1-3,5-10,17,32-33H,4,11-16,18-20H2,(H,34,40). The quantitative estimate of drug-likeness (QED) is 0.341. The lowest BCUT2D eigenvalue weighted by Gasteiger charge is -2.22. The molecule has 0 fully saturated rings. The van der Waals surface area contributed by atoms with E-state index in [0.29, 0.717) is 36.3 Å². The number of Topliss-reactive ketones (excluding diaryl/α,β-unsaturated/α-hetero) is 1. The van der Waals surface area contributed by atoms with E-state index in [1.807, 2.05) is 18.2 Å². The van der Waals surface area contributed by atoms with Crippen molar-refractivity contribution in [1.82, 2.24) is 25.8 Å². The third kappa shape index (κ3) is 6.56. The summed E-state index contributed by atoms with van der Waals surface area (Å²) in [6, 6.07) is 17.3.